The van der Waals surface area contributed by atoms with Gasteiger partial charge < -0.3 is 15.6 Å². The minimum absolute atomic E-state index is 0.0792. The lowest BCUT2D eigenvalue weighted by Gasteiger charge is -2.07. The number of rotatable bonds is 4. The van der Waals surface area contributed by atoms with Gasteiger partial charge in [-0.05, 0) is 18.2 Å². The van der Waals surface area contributed by atoms with Crippen molar-refractivity contribution in [3.63, 3.8) is 0 Å². The van der Waals surface area contributed by atoms with Crippen LogP contribution in [0.15, 0.2) is 41.5 Å². The van der Waals surface area contributed by atoms with Gasteiger partial charge in [0.2, 0.25) is 5.91 Å². The summed E-state index contributed by atoms with van der Waals surface area (Å²) in [5.74, 6) is -0.293. The average molecular weight is 259 g/mol. The molecule has 0 radical (unpaired) electrons. The lowest BCUT2D eigenvalue weighted by molar-refractivity contribution is -0.121. The summed E-state index contributed by atoms with van der Waals surface area (Å²) in [7, 11) is 0. The smallest absolute Gasteiger partial charge is 0.251 e. The van der Waals surface area contributed by atoms with Crippen LogP contribution in [-0.4, -0.2) is 20.7 Å². The molecular formula is C12H13N5O2. The number of hydrogen-bond donors (Lipinski definition) is 2. The zero-order valence-electron chi connectivity index (χ0n) is 10.1. The Labute approximate surface area is 109 Å². The molecule has 0 aromatic carbocycles. The number of amides is 1. The molecule has 19 heavy (non-hydrogen) atoms. The van der Waals surface area contributed by atoms with Gasteiger partial charge in [0.25, 0.3) is 5.56 Å². The van der Waals surface area contributed by atoms with Gasteiger partial charge in [0.15, 0.2) is 0 Å². The van der Waals surface area contributed by atoms with Crippen molar-refractivity contribution in [2.24, 2.45) is 0 Å². The monoisotopic (exact) mass is 259 g/mol. The van der Waals surface area contributed by atoms with E-state index < -0.39 is 0 Å². The van der Waals surface area contributed by atoms with Crippen molar-refractivity contribution in [2.75, 3.05) is 5.73 Å². The molecule has 98 valence electrons. The Bertz CT molecular complexity index is 624. The highest BCUT2D eigenvalue weighted by Crippen LogP contribution is 1.96. The Morgan fingerprint density at radius 2 is 2.21 bits per heavy atom. The topological polar surface area (TPSA) is 103 Å². The Morgan fingerprint density at radius 3 is 2.95 bits per heavy atom. The lowest BCUT2D eigenvalue weighted by Crippen LogP contribution is -2.31. The molecule has 2 aromatic rings. The van der Waals surface area contributed by atoms with E-state index in [9.17, 15) is 9.59 Å². The largest absolute Gasteiger partial charge is 0.398 e. The number of carbonyl (C=O) groups excluding carboxylic acids is 1. The third-order valence-electron chi connectivity index (χ3n) is 2.41. The highest BCUT2D eigenvalue weighted by atomic mass is 16.2. The first-order chi connectivity index (χ1) is 9.15. The van der Waals surface area contributed by atoms with Crippen molar-refractivity contribution in [3.8, 4) is 0 Å². The third kappa shape index (κ3) is 3.63. The van der Waals surface area contributed by atoms with E-state index in [1.165, 1.54) is 22.9 Å². The van der Waals surface area contributed by atoms with Crippen molar-refractivity contribution in [2.45, 2.75) is 13.1 Å². The van der Waals surface area contributed by atoms with Gasteiger partial charge in [0, 0.05) is 24.1 Å². The number of anilines is 1. The molecule has 2 aromatic heterocycles. The van der Waals surface area contributed by atoms with Crippen LogP contribution in [0.25, 0.3) is 0 Å². The van der Waals surface area contributed by atoms with Crippen molar-refractivity contribution in [3.05, 3.63) is 52.7 Å². The van der Waals surface area contributed by atoms with Crippen molar-refractivity contribution in [1.82, 2.24) is 20.1 Å². The van der Waals surface area contributed by atoms with E-state index in [1.807, 2.05) is 0 Å². The van der Waals surface area contributed by atoms with Crippen molar-refractivity contribution < 1.29 is 4.79 Å². The van der Waals surface area contributed by atoms with Gasteiger partial charge in [-0.2, -0.15) is 10.2 Å². The molecule has 7 nitrogen and oxygen atoms in total. The fourth-order valence-electron chi connectivity index (χ4n) is 1.50. The molecule has 0 aliphatic heterocycles. The molecule has 0 aliphatic rings. The molecule has 0 atom stereocenters. The first-order valence-electron chi connectivity index (χ1n) is 5.64. The number of nitrogens with one attached hydrogen (secondary N) is 1. The van der Waals surface area contributed by atoms with E-state index in [1.54, 1.807) is 18.3 Å². The molecule has 2 heterocycles. The third-order valence-corrected chi connectivity index (χ3v) is 2.41. The van der Waals surface area contributed by atoms with Gasteiger partial charge in [-0.25, -0.2) is 0 Å². The van der Waals surface area contributed by atoms with Gasteiger partial charge in [-0.15, -0.1) is 0 Å². The van der Waals surface area contributed by atoms with Gasteiger partial charge in [-0.3, -0.25) is 9.59 Å². The van der Waals surface area contributed by atoms with E-state index >= 15 is 0 Å². The SMILES string of the molecule is Nc1ccc(=O)n(CC(=O)NCc2cccnn2)c1. The Hall–Kier alpha value is -2.70. The summed E-state index contributed by atoms with van der Waals surface area (Å²) in [5.41, 5.74) is 6.36. The highest BCUT2D eigenvalue weighted by Gasteiger charge is 2.05. The number of nitrogens with zero attached hydrogens (tertiary/aromatic N) is 3. The number of hydrogen-bond acceptors (Lipinski definition) is 5. The quantitative estimate of drug-likeness (QED) is 0.773. The number of nitrogens with two attached hydrogens (primary N) is 1. The van der Waals surface area contributed by atoms with Crippen molar-refractivity contribution in [1.29, 1.82) is 0 Å². The van der Waals surface area contributed by atoms with Crippen LogP contribution in [0, 0.1) is 0 Å². The summed E-state index contributed by atoms with van der Waals surface area (Å²) in [6.45, 7) is 0.188. The summed E-state index contributed by atoms with van der Waals surface area (Å²) in [5, 5.41) is 10.2. The van der Waals surface area contributed by atoms with Crippen LogP contribution < -0.4 is 16.6 Å². The molecule has 3 N–H and O–H groups in total. The fraction of sp³-hybridized carbons (Fsp3) is 0.167. The maximum Gasteiger partial charge on any atom is 0.251 e. The van der Waals surface area contributed by atoms with Crippen LogP contribution in [0.1, 0.15) is 5.69 Å². The number of aromatic nitrogens is 3. The van der Waals surface area contributed by atoms with Crippen molar-refractivity contribution >= 4 is 11.6 Å². The standard InChI is InChI=1S/C12H13N5O2/c13-9-3-4-12(19)17(7-9)8-11(18)14-6-10-2-1-5-15-16-10/h1-5,7H,6,8,13H2,(H,14,18). The van der Waals surface area contributed by atoms with Gasteiger partial charge in [0.1, 0.15) is 6.54 Å². The van der Waals surface area contributed by atoms with Crippen LogP contribution in [0.3, 0.4) is 0 Å². The first-order valence-corrected chi connectivity index (χ1v) is 5.64. The second-order valence-corrected chi connectivity index (χ2v) is 3.92. The zero-order chi connectivity index (χ0) is 13.7. The van der Waals surface area contributed by atoms with E-state index in [4.69, 9.17) is 5.73 Å². The predicted molar refractivity (Wildman–Crippen MR) is 69.0 cm³/mol. The molecule has 2 rings (SSSR count). The highest BCUT2D eigenvalue weighted by molar-refractivity contribution is 5.75. The molecule has 7 heteroatoms. The molecular weight excluding hydrogens is 246 g/mol. The summed E-state index contributed by atoms with van der Waals surface area (Å²) in [4.78, 5) is 23.2. The second-order valence-electron chi connectivity index (χ2n) is 3.92. The Balaban J connectivity index is 1.95. The van der Waals surface area contributed by atoms with Crippen LogP contribution in [0.5, 0.6) is 0 Å². The van der Waals surface area contributed by atoms with E-state index in [0.29, 0.717) is 11.4 Å². The predicted octanol–water partition coefficient (Wildman–Crippen LogP) is -0.463. The average Bonchev–Trinajstić information content (AvgIpc) is 2.42. The minimum atomic E-state index is -0.293. The zero-order valence-corrected chi connectivity index (χ0v) is 10.1. The normalized spacial score (nSPS) is 10.1. The summed E-state index contributed by atoms with van der Waals surface area (Å²) in [6, 6.07) is 6.30. The lowest BCUT2D eigenvalue weighted by atomic mass is 10.4. The van der Waals surface area contributed by atoms with Crippen LogP contribution in [-0.2, 0) is 17.9 Å². The summed E-state index contributed by atoms with van der Waals surface area (Å²) >= 11 is 0. The Kier molecular flexibility index (Phi) is 3.87. The molecule has 0 aliphatic carbocycles. The van der Waals surface area contributed by atoms with Gasteiger partial charge in [-0.1, -0.05) is 0 Å². The molecule has 0 fully saturated rings. The number of nitrogen functional groups attached to an aromatic ring is 1. The molecule has 0 spiro atoms. The van der Waals surface area contributed by atoms with E-state index in [0.717, 1.165) is 0 Å². The molecule has 0 bridgehead atoms. The number of pyridine rings is 1. The molecule has 1 amide bonds. The second kappa shape index (κ2) is 5.76. The van der Waals surface area contributed by atoms with Gasteiger partial charge >= 0.3 is 0 Å². The maximum absolute atomic E-state index is 11.7. The molecule has 0 saturated heterocycles. The summed E-state index contributed by atoms with van der Waals surface area (Å²) in [6.07, 6.45) is 2.99. The van der Waals surface area contributed by atoms with Crippen LogP contribution in [0.2, 0.25) is 0 Å². The van der Waals surface area contributed by atoms with Crippen LogP contribution in [0.4, 0.5) is 5.69 Å². The minimum Gasteiger partial charge on any atom is -0.398 e. The van der Waals surface area contributed by atoms with Gasteiger partial charge in [0.05, 0.1) is 12.2 Å². The molecule has 0 saturated carbocycles. The first kappa shape index (κ1) is 12.7. The van der Waals surface area contributed by atoms with Crippen LogP contribution >= 0.6 is 0 Å². The maximum atomic E-state index is 11.7. The Morgan fingerprint density at radius 1 is 1.37 bits per heavy atom. The fourth-order valence-corrected chi connectivity index (χ4v) is 1.50. The molecule has 0 unspecified atom stereocenters. The summed E-state index contributed by atoms with van der Waals surface area (Å²) < 4.78 is 1.25. The van der Waals surface area contributed by atoms with E-state index in [2.05, 4.69) is 15.5 Å². The van der Waals surface area contributed by atoms with E-state index in [-0.39, 0.29) is 24.6 Å². The number of carbonyl (C=O) groups is 1.